The first-order valence-electron chi connectivity index (χ1n) is 14.5. The summed E-state index contributed by atoms with van der Waals surface area (Å²) in [6.45, 7) is 9.34. The molecule has 5 rings (SSSR count). The van der Waals surface area contributed by atoms with Gasteiger partial charge < -0.3 is 9.47 Å². The van der Waals surface area contributed by atoms with Gasteiger partial charge in [-0.15, -0.1) is 0 Å². The van der Waals surface area contributed by atoms with Crippen LogP contribution in [0.15, 0.2) is 42.5 Å². The van der Waals surface area contributed by atoms with Crippen molar-refractivity contribution in [2.24, 2.45) is 0 Å². The average molecular weight is 639 g/mol. The smallest absolute Gasteiger partial charge is 0.416 e. The Balaban J connectivity index is 1.58. The maximum absolute atomic E-state index is 14.9. The molecule has 0 radical (unpaired) electrons. The summed E-state index contributed by atoms with van der Waals surface area (Å²) in [5.74, 6) is -0.294. The number of hydrogen-bond donors (Lipinski definition) is 0. The minimum Gasteiger partial charge on any atom is -0.496 e. The molecule has 0 spiro atoms. The monoisotopic (exact) mass is 638 g/mol. The second-order valence-electron chi connectivity index (χ2n) is 11.8. The first-order valence-corrected chi connectivity index (χ1v) is 14.5. The first kappa shape index (κ1) is 32.6. The Morgan fingerprint density at radius 2 is 1.51 bits per heavy atom. The second-order valence-corrected chi connectivity index (χ2v) is 11.8. The number of ether oxygens (including phenoxy) is 2. The SMILES string of the molecule is CCN1Cc2cc(CN3C(=O)O[C@H](c4cc(C(F)(F)F)cc(C(F)(F)F)c4)[C@@H]3C)c(-c3cc(C(C)C)c(F)cc3OC)cc2C1. The van der Waals surface area contributed by atoms with Crippen molar-refractivity contribution in [2.45, 2.75) is 77.7 Å². The number of carbonyl (C=O) groups excluding carboxylic acids is 1. The molecule has 1 saturated heterocycles. The van der Waals surface area contributed by atoms with Crippen LogP contribution in [-0.4, -0.2) is 35.6 Å². The third-order valence-corrected chi connectivity index (χ3v) is 8.56. The summed E-state index contributed by atoms with van der Waals surface area (Å²) in [5.41, 5.74) is 1.07. The van der Waals surface area contributed by atoms with E-state index in [9.17, 15) is 35.5 Å². The molecule has 3 aromatic rings. The number of nitrogens with zero attached hydrogens (tertiary/aromatic N) is 2. The number of methoxy groups -OCH3 is 1. The van der Waals surface area contributed by atoms with Gasteiger partial charge in [0.25, 0.3) is 0 Å². The molecule has 242 valence electrons. The molecule has 5 nitrogen and oxygen atoms in total. The highest BCUT2D eigenvalue weighted by atomic mass is 19.4. The maximum atomic E-state index is 14.9. The predicted molar refractivity (Wildman–Crippen MR) is 153 cm³/mol. The Hall–Kier alpha value is -3.80. The zero-order chi connectivity index (χ0) is 33.0. The highest BCUT2D eigenvalue weighted by Gasteiger charge is 2.43. The summed E-state index contributed by atoms with van der Waals surface area (Å²) in [5, 5.41) is 0. The van der Waals surface area contributed by atoms with Crippen LogP contribution in [0.1, 0.15) is 78.7 Å². The van der Waals surface area contributed by atoms with E-state index in [1.165, 1.54) is 25.0 Å². The van der Waals surface area contributed by atoms with E-state index in [4.69, 9.17) is 9.47 Å². The molecule has 2 heterocycles. The van der Waals surface area contributed by atoms with Crippen molar-refractivity contribution >= 4 is 6.09 Å². The van der Waals surface area contributed by atoms with Gasteiger partial charge in [0.15, 0.2) is 0 Å². The van der Waals surface area contributed by atoms with E-state index in [2.05, 4.69) is 4.90 Å². The van der Waals surface area contributed by atoms with Crippen LogP contribution in [0.25, 0.3) is 11.1 Å². The van der Waals surface area contributed by atoms with Gasteiger partial charge in [0.2, 0.25) is 0 Å². The van der Waals surface area contributed by atoms with E-state index < -0.39 is 53.1 Å². The fraction of sp³-hybridized carbons (Fsp3) is 0.424. The topological polar surface area (TPSA) is 42.0 Å². The zero-order valence-corrected chi connectivity index (χ0v) is 25.4. The molecule has 3 aromatic carbocycles. The van der Waals surface area contributed by atoms with Crippen molar-refractivity contribution in [3.8, 4) is 16.9 Å². The largest absolute Gasteiger partial charge is 0.496 e. The number of rotatable bonds is 7. The van der Waals surface area contributed by atoms with Crippen molar-refractivity contribution < 1.29 is 45.0 Å². The van der Waals surface area contributed by atoms with E-state index >= 15 is 0 Å². The molecule has 0 N–H and O–H groups in total. The van der Waals surface area contributed by atoms with Crippen LogP contribution in [0, 0.1) is 5.82 Å². The highest BCUT2D eigenvalue weighted by Crippen LogP contribution is 2.43. The summed E-state index contributed by atoms with van der Waals surface area (Å²) in [6, 6.07) is 7.25. The Bertz CT molecular complexity index is 1580. The number of amides is 1. The first-order chi connectivity index (χ1) is 21.0. The molecule has 0 aliphatic carbocycles. The van der Waals surface area contributed by atoms with E-state index in [-0.39, 0.29) is 24.3 Å². The molecule has 45 heavy (non-hydrogen) atoms. The number of benzene rings is 3. The van der Waals surface area contributed by atoms with Crippen LogP contribution in [0.2, 0.25) is 0 Å². The van der Waals surface area contributed by atoms with E-state index in [0.29, 0.717) is 47.5 Å². The van der Waals surface area contributed by atoms with Gasteiger partial charge in [-0.1, -0.05) is 26.8 Å². The fourth-order valence-corrected chi connectivity index (χ4v) is 6.06. The van der Waals surface area contributed by atoms with Gasteiger partial charge in [0, 0.05) is 24.7 Å². The van der Waals surface area contributed by atoms with Crippen LogP contribution in [0.5, 0.6) is 5.75 Å². The van der Waals surface area contributed by atoms with Gasteiger partial charge in [-0.2, -0.15) is 26.3 Å². The maximum Gasteiger partial charge on any atom is 0.416 e. The molecule has 12 heteroatoms. The summed E-state index contributed by atoms with van der Waals surface area (Å²) in [7, 11) is 1.42. The lowest BCUT2D eigenvalue weighted by Crippen LogP contribution is -2.31. The molecule has 0 bridgehead atoms. The zero-order valence-electron chi connectivity index (χ0n) is 25.4. The molecule has 1 amide bonds. The Morgan fingerprint density at radius 1 is 0.911 bits per heavy atom. The number of hydrogen-bond acceptors (Lipinski definition) is 4. The van der Waals surface area contributed by atoms with Crippen LogP contribution < -0.4 is 4.74 Å². The predicted octanol–water partition coefficient (Wildman–Crippen LogP) is 9.08. The molecule has 0 saturated carbocycles. The molecule has 1 fully saturated rings. The van der Waals surface area contributed by atoms with Crippen molar-refractivity contribution in [3.05, 3.63) is 87.2 Å². The number of carbonyl (C=O) groups is 1. The second kappa shape index (κ2) is 11.9. The van der Waals surface area contributed by atoms with Crippen LogP contribution in [0.4, 0.5) is 35.5 Å². The highest BCUT2D eigenvalue weighted by molar-refractivity contribution is 5.77. The van der Waals surface area contributed by atoms with Crippen LogP contribution in [-0.2, 0) is 36.7 Å². The van der Waals surface area contributed by atoms with Crippen molar-refractivity contribution in [3.63, 3.8) is 0 Å². The van der Waals surface area contributed by atoms with Gasteiger partial charge in [0.05, 0.1) is 30.8 Å². The van der Waals surface area contributed by atoms with Crippen LogP contribution >= 0.6 is 0 Å². The van der Waals surface area contributed by atoms with E-state index in [1.807, 2.05) is 32.9 Å². The summed E-state index contributed by atoms with van der Waals surface area (Å²) >= 11 is 0. The van der Waals surface area contributed by atoms with Crippen molar-refractivity contribution in [1.29, 1.82) is 0 Å². The summed E-state index contributed by atoms with van der Waals surface area (Å²) < 4.78 is 107. The standard InChI is InChI=1S/C33H33F7N2O3/c1-6-41-14-20-7-22(26(10-21(20)15-41)27-12-25(17(2)3)28(34)13-29(27)44-5)16-42-18(4)30(45-31(42)43)19-8-23(32(35,36)37)11-24(9-19)33(38,39)40/h7-13,17-18,30H,6,14-16H2,1-5H3/t18-,30-/m0/s1. The quantitative estimate of drug-likeness (QED) is 0.242. The normalized spacial score (nSPS) is 19.0. The summed E-state index contributed by atoms with van der Waals surface area (Å²) in [4.78, 5) is 16.7. The molecule has 2 atom stereocenters. The lowest BCUT2D eigenvalue weighted by Gasteiger charge is -2.24. The third kappa shape index (κ3) is 6.34. The Kier molecular flexibility index (Phi) is 8.58. The van der Waals surface area contributed by atoms with Crippen molar-refractivity contribution in [1.82, 2.24) is 9.80 Å². The number of alkyl halides is 6. The molecule has 2 aliphatic rings. The molecule has 2 aliphatic heterocycles. The van der Waals surface area contributed by atoms with Gasteiger partial charge in [-0.25, -0.2) is 9.18 Å². The minimum absolute atomic E-state index is 0.0423. The van der Waals surface area contributed by atoms with Gasteiger partial charge in [-0.3, -0.25) is 9.80 Å². The minimum atomic E-state index is -5.05. The molecule has 0 aromatic heterocycles. The Labute approximate surface area is 256 Å². The Morgan fingerprint density at radius 3 is 2.04 bits per heavy atom. The lowest BCUT2D eigenvalue weighted by molar-refractivity contribution is -0.143. The van der Waals surface area contributed by atoms with E-state index in [0.717, 1.165) is 17.7 Å². The molecular formula is C33H33F7N2O3. The van der Waals surface area contributed by atoms with Gasteiger partial charge in [0.1, 0.15) is 17.7 Å². The van der Waals surface area contributed by atoms with Crippen molar-refractivity contribution in [2.75, 3.05) is 13.7 Å². The van der Waals surface area contributed by atoms with Crippen LogP contribution in [0.3, 0.4) is 0 Å². The third-order valence-electron chi connectivity index (χ3n) is 8.56. The van der Waals surface area contributed by atoms with E-state index in [1.54, 1.807) is 6.07 Å². The fourth-order valence-electron chi connectivity index (χ4n) is 6.06. The molecule has 0 unspecified atom stereocenters. The summed E-state index contributed by atoms with van der Waals surface area (Å²) in [6.07, 6.45) is -12.4. The average Bonchev–Trinajstić information content (AvgIpc) is 3.50. The number of fused-ring (bicyclic) bond motifs is 1. The number of halogens is 7. The lowest BCUT2D eigenvalue weighted by atomic mass is 9.90. The number of cyclic esters (lactones) is 1. The molecular weight excluding hydrogens is 605 g/mol. The van der Waals surface area contributed by atoms with Gasteiger partial charge in [-0.05, 0) is 83.1 Å². The van der Waals surface area contributed by atoms with Gasteiger partial charge >= 0.3 is 18.4 Å².